The smallest absolute Gasteiger partial charge is 0.490 e. The average molecular weight is 475 g/mol. The normalized spacial score (nSPS) is 13.3. The van der Waals surface area contributed by atoms with Crippen molar-refractivity contribution in [3.63, 3.8) is 0 Å². The molecule has 1 aromatic carbocycles. The number of hydrogen-bond acceptors (Lipinski definition) is 7. The van der Waals surface area contributed by atoms with Crippen molar-refractivity contribution in [3.8, 4) is 28.3 Å². The van der Waals surface area contributed by atoms with Gasteiger partial charge in [0.25, 0.3) is 0 Å². The highest BCUT2D eigenvalue weighted by Crippen LogP contribution is 2.33. The van der Waals surface area contributed by atoms with Crippen LogP contribution < -0.4 is 15.0 Å². The largest absolute Gasteiger partial charge is 0.496 e. The van der Waals surface area contributed by atoms with Gasteiger partial charge in [0.15, 0.2) is 5.82 Å². The van der Waals surface area contributed by atoms with Gasteiger partial charge in [-0.15, -0.1) is 0 Å². The SMILES string of the molecule is COc1ccc(-c2ccncc2)cc1-c1nccc(N(C)CC2CNC2)n1.O=C(O)C(F)(F)F. The highest BCUT2D eigenvalue weighted by Gasteiger charge is 2.38. The number of carboxylic acids is 1. The Morgan fingerprint density at radius 3 is 2.38 bits per heavy atom. The van der Waals surface area contributed by atoms with Crippen molar-refractivity contribution in [3.05, 3.63) is 55.0 Å². The summed E-state index contributed by atoms with van der Waals surface area (Å²) in [4.78, 5) is 24.5. The van der Waals surface area contributed by atoms with Gasteiger partial charge in [-0.1, -0.05) is 6.07 Å². The van der Waals surface area contributed by atoms with Gasteiger partial charge in [-0.2, -0.15) is 13.2 Å². The highest BCUT2D eigenvalue weighted by molar-refractivity contribution is 5.75. The summed E-state index contributed by atoms with van der Waals surface area (Å²) >= 11 is 0. The molecule has 0 aliphatic carbocycles. The quantitative estimate of drug-likeness (QED) is 0.559. The van der Waals surface area contributed by atoms with Crippen LogP contribution in [0.4, 0.5) is 19.0 Å². The first kappa shape index (κ1) is 24.9. The Morgan fingerprint density at radius 1 is 1.15 bits per heavy atom. The van der Waals surface area contributed by atoms with Crippen LogP contribution in [0.2, 0.25) is 0 Å². The lowest BCUT2D eigenvalue weighted by atomic mass is 10.0. The van der Waals surface area contributed by atoms with Crippen LogP contribution in [0.3, 0.4) is 0 Å². The number of hydrogen-bond donors (Lipinski definition) is 2. The van der Waals surface area contributed by atoms with E-state index < -0.39 is 12.1 Å². The fourth-order valence-corrected chi connectivity index (χ4v) is 3.26. The second kappa shape index (κ2) is 10.9. The fraction of sp³-hybridized carbons (Fsp3) is 0.304. The number of nitrogens with one attached hydrogen (secondary N) is 1. The third kappa shape index (κ3) is 6.41. The molecule has 0 radical (unpaired) electrons. The second-order valence-corrected chi connectivity index (χ2v) is 7.60. The zero-order valence-electron chi connectivity index (χ0n) is 18.6. The van der Waals surface area contributed by atoms with Crippen LogP contribution in [0.15, 0.2) is 55.0 Å². The summed E-state index contributed by atoms with van der Waals surface area (Å²) in [7, 11) is 3.75. The van der Waals surface area contributed by atoms with E-state index in [1.165, 1.54) is 0 Å². The van der Waals surface area contributed by atoms with E-state index in [2.05, 4.69) is 33.3 Å². The zero-order chi connectivity index (χ0) is 24.7. The van der Waals surface area contributed by atoms with E-state index in [1.54, 1.807) is 19.5 Å². The zero-order valence-corrected chi connectivity index (χ0v) is 18.6. The summed E-state index contributed by atoms with van der Waals surface area (Å²) in [5.74, 6) is 0.267. The number of halogens is 3. The van der Waals surface area contributed by atoms with E-state index in [-0.39, 0.29) is 0 Å². The van der Waals surface area contributed by atoms with E-state index in [0.29, 0.717) is 11.7 Å². The molecule has 1 fully saturated rings. The minimum Gasteiger partial charge on any atom is -0.496 e. The van der Waals surface area contributed by atoms with E-state index in [1.807, 2.05) is 36.5 Å². The number of carboxylic acid groups (broad SMARTS) is 1. The van der Waals surface area contributed by atoms with Gasteiger partial charge in [0.1, 0.15) is 11.6 Å². The van der Waals surface area contributed by atoms with Gasteiger partial charge in [0.05, 0.1) is 12.7 Å². The fourth-order valence-electron chi connectivity index (χ4n) is 3.26. The maximum atomic E-state index is 10.6. The van der Waals surface area contributed by atoms with E-state index in [9.17, 15) is 13.2 Å². The Morgan fingerprint density at radius 2 is 1.82 bits per heavy atom. The number of anilines is 1. The van der Waals surface area contributed by atoms with Crippen molar-refractivity contribution in [2.75, 3.05) is 38.7 Å². The summed E-state index contributed by atoms with van der Waals surface area (Å²) in [6, 6.07) is 12.0. The van der Waals surface area contributed by atoms with E-state index >= 15 is 0 Å². The van der Waals surface area contributed by atoms with Gasteiger partial charge in [-0.3, -0.25) is 4.98 Å². The number of benzene rings is 1. The number of ether oxygens (including phenoxy) is 1. The first-order valence-corrected chi connectivity index (χ1v) is 10.3. The first-order valence-electron chi connectivity index (χ1n) is 10.3. The van der Waals surface area contributed by atoms with Crippen molar-refractivity contribution in [2.45, 2.75) is 6.18 Å². The molecule has 0 unspecified atom stereocenters. The number of aliphatic carboxylic acids is 1. The molecule has 1 aliphatic heterocycles. The number of aromatic nitrogens is 3. The summed E-state index contributed by atoms with van der Waals surface area (Å²) in [6.07, 6.45) is 0.312. The molecule has 1 aliphatic rings. The van der Waals surface area contributed by atoms with Gasteiger partial charge in [-0.05, 0) is 41.5 Å². The number of carbonyl (C=O) groups is 1. The molecule has 0 bridgehead atoms. The van der Waals surface area contributed by atoms with Crippen LogP contribution in [-0.4, -0.2) is 66.0 Å². The third-order valence-corrected chi connectivity index (χ3v) is 5.13. The molecular formula is C23H24F3N5O3. The topological polar surface area (TPSA) is 100 Å². The predicted molar refractivity (Wildman–Crippen MR) is 121 cm³/mol. The number of nitrogens with zero attached hydrogens (tertiary/aromatic N) is 4. The molecule has 2 N–H and O–H groups in total. The molecule has 34 heavy (non-hydrogen) atoms. The monoisotopic (exact) mass is 475 g/mol. The summed E-state index contributed by atoms with van der Waals surface area (Å²) in [6.45, 7) is 3.13. The molecule has 0 atom stereocenters. The van der Waals surface area contributed by atoms with Gasteiger partial charge in [0.2, 0.25) is 0 Å². The van der Waals surface area contributed by atoms with Crippen LogP contribution in [-0.2, 0) is 4.79 Å². The van der Waals surface area contributed by atoms with Crippen molar-refractivity contribution in [2.24, 2.45) is 5.92 Å². The Balaban J connectivity index is 0.000000406. The minimum atomic E-state index is -5.08. The van der Waals surface area contributed by atoms with Crippen LogP contribution in [0.5, 0.6) is 5.75 Å². The number of pyridine rings is 1. The Kier molecular flexibility index (Phi) is 8.00. The molecule has 180 valence electrons. The molecule has 8 nitrogen and oxygen atoms in total. The molecule has 4 rings (SSSR count). The Bertz CT molecular complexity index is 1110. The average Bonchev–Trinajstić information content (AvgIpc) is 2.81. The van der Waals surface area contributed by atoms with Gasteiger partial charge < -0.3 is 20.1 Å². The van der Waals surface area contributed by atoms with Gasteiger partial charge in [-0.25, -0.2) is 14.8 Å². The van der Waals surface area contributed by atoms with Crippen molar-refractivity contribution >= 4 is 11.8 Å². The van der Waals surface area contributed by atoms with Crippen LogP contribution in [0.1, 0.15) is 0 Å². The van der Waals surface area contributed by atoms with E-state index in [0.717, 1.165) is 47.9 Å². The maximum absolute atomic E-state index is 10.6. The highest BCUT2D eigenvalue weighted by atomic mass is 19.4. The van der Waals surface area contributed by atoms with Crippen LogP contribution in [0.25, 0.3) is 22.5 Å². The first-order chi connectivity index (χ1) is 16.2. The molecule has 1 saturated heterocycles. The molecule has 3 aromatic rings. The Hall–Kier alpha value is -3.73. The molecule has 2 aromatic heterocycles. The van der Waals surface area contributed by atoms with Crippen molar-refractivity contribution in [1.82, 2.24) is 20.3 Å². The van der Waals surface area contributed by atoms with Gasteiger partial charge >= 0.3 is 12.1 Å². The standard InChI is InChI=1S/C21H23N5O.C2HF3O2/c1-26(14-15-12-23-13-15)20-7-10-24-21(25-20)18-11-17(3-4-19(18)27-2)16-5-8-22-9-6-16;3-2(4,5)1(6)7/h3-11,15,23H,12-14H2,1-2H3;(H,6,7). The molecule has 3 heterocycles. The minimum absolute atomic E-state index is 0.666. The van der Waals surface area contributed by atoms with E-state index in [4.69, 9.17) is 19.6 Å². The van der Waals surface area contributed by atoms with Crippen LogP contribution >= 0.6 is 0 Å². The molecular weight excluding hydrogens is 451 g/mol. The second-order valence-electron chi connectivity index (χ2n) is 7.60. The lowest BCUT2D eigenvalue weighted by molar-refractivity contribution is -0.192. The number of rotatable bonds is 6. The Labute approximate surface area is 194 Å². The molecule has 0 saturated carbocycles. The summed E-state index contributed by atoms with van der Waals surface area (Å²) in [5, 5.41) is 10.4. The van der Waals surface area contributed by atoms with Crippen molar-refractivity contribution < 1.29 is 27.8 Å². The van der Waals surface area contributed by atoms with Crippen molar-refractivity contribution in [1.29, 1.82) is 0 Å². The van der Waals surface area contributed by atoms with Gasteiger partial charge in [0, 0.05) is 51.2 Å². The lowest BCUT2D eigenvalue weighted by Crippen LogP contribution is -2.47. The molecule has 11 heteroatoms. The van der Waals surface area contributed by atoms with Crippen LogP contribution in [0, 0.1) is 5.92 Å². The lowest BCUT2D eigenvalue weighted by Gasteiger charge is -2.31. The number of alkyl halides is 3. The molecule has 0 amide bonds. The summed E-state index contributed by atoms with van der Waals surface area (Å²) < 4.78 is 37.3. The number of methoxy groups -OCH3 is 1. The summed E-state index contributed by atoms with van der Waals surface area (Å²) in [5.41, 5.74) is 3.06. The maximum Gasteiger partial charge on any atom is 0.490 e. The molecule has 0 spiro atoms. The third-order valence-electron chi connectivity index (χ3n) is 5.13. The predicted octanol–water partition coefficient (Wildman–Crippen LogP) is 3.50.